The van der Waals surface area contributed by atoms with E-state index in [1.807, 2.05) is 13.0 Å². The molecule has 1 N–H and O–H groups in total. The van der Waals surface area contributed by atoms with Gasteiger partial charge in [0.2, 0.25) is 0 Å². The van der Waals surface area contributed by atoms with Crippen LogP contribution >= 0.6 is 11.3 Å². The van der Waals surface area contributed by atoms with Crippen molar-refractivity contribution >= 4 is 43.7 Å². The number of thiophene rings is 1. The minimum Gasteiger partial charge on any atom is -0.385 e. The van der Waals surface area contributed by atoms with Gasteiger partial charge < -0.3 is 5.32 Å². The lowest BCUT2D eigenvalue weighted by Crippen LogP contribution is -2.14. The van der Waals surface area contributed by atoms with Gasteiger partial charge in [0, 0.05) is 24.6 Å². The molecule has 0 aliphatic heterocycles. The monoisotopic (exact) mass is 298 g/mol. The van der Waals surface area contributed by atoms with Gasteiger partial charge in [0.15, 0.2) is 0 Å². The van der Waals surface area contributed by atoms with Crippen molar-refractivity contribution in [2.45, 2.75) is 6.92 Å². The summed E-state index contributed by atoms with van der Waals surface area (Å²) < 4.78 is 2.06. The van der Waals surface area contributed by atoms with Crippen LogP contribution in [-0.2, 0) is 0 Å². The van der Waals surface area contributed by atoms with E-state index < -0.39 is 0 Å². The SMILES string of the molecule is C=C/C=C/n1cnc2c(sc3nccc(NCC)c32)c1=O. The first-order chi connectivity index (χ1) is 10.3. The molecule has 0 atom stereocenters. The van der Waals surface area contributed by atoms with Gasteiger partial charge in [-0.1, -0.05) is 12.7 Å². The molecule has 6 heteroatoms. The molecule has 3 heterocycles. The van der Waals surface area contributed by atoms with Crippen LogP contribution in [0.4, 0.5) is 5.69 Å². The number of allylic oxidation sites excluding steroid dienone is 2. The van der Waals surface area contributed by atoms with Gasteiger partial charge in [0.05, 0.1) is 10.9 Å². The summed E-state index contributed by atoms with van der Waals surface area (Å²) in [6.07, 6.45) is 8.23. The summed E-state index contributed by atoms with van der Waals surface area (Å²) in [6, 6.07) is 1.91. The second kappa shape index (κ2) is 5.49. The predicted octanol–water partition coefficient (Wildman–Crippen LogP) is 3.09. The fourth-order valence-electron chi connectivity index (χ4n) is 2.16. The summed E-state index contributed by atoms with van der Waals surface area (Å²) in [4.78, 5) is 22.1. The molecule has 0 saturated heterocycles. The zero-order chi connectivity index (χ0) is 14.8. The molecule has 0 amide bonds. The molecule has 21 heavy (non-hydrogen) atoms. The first-order valence-electron chi connectivity index (χ1n) is 6.57. The largest absolute Gasteiger partial charge is 0.385 e. The Morgan fingerprint density at radius 3 is 3.10 bits per heavy atom. The Kier molecular flexibility index (Phi) is 3.53. The minimum atomic E-state index is -0.0939. The molecule has 0 spiro atoms. The fraction of sp³-hybridized carbons (Fsp3) is 0.133. The van der Waals surface area contributed by atoms with Crippen LogP contribution in [0.2, 0.25) is 0 Å². The molecule has 106 valence electrons. The number of anilines is 1. The second-order valence-corrected chi connectivity index (χ2v) is 5.38. The molecule has 5 nitrogen and oxygen atoms in total. The van der Waals surface area contributed by atoms with Gasteiger partial charge in [-0.2, -0.15) is 0 Å². The smallest absolute Gasteiger partial charge is 0.275 e. The molecular weight excluding hydrogens is 284 g/mol. The molecular formula is C15H14N4OS. The molecule has 0 unspecified atom stereocenters. The van der Waals surface area contributed by atoms with E-state index in [-0.39, 0.29) is 5.56 Å². The van der Waals surface area contributed by atoms with E-state index in [0.717, 1.165) is 22.4 Å². The maximum Gasteiger partial charge on any atom is 0.275 e. The molecule has 0 saturated carbocycles. The number of hydrogen-bond acceptors (Lipinski definition) is 5. The molecule has 0 aromatic carbocycles. The average molecular weight is 298 g/mol. The van der Waals surface area contributed by atoms with Gasteiger partial charge in [-0.25, -0.2) is 9.97 Å². The van der Waals surface area contributed by atoms with Gasteiger partial charge in [0.1, 0.15) is 15.9 Å². The Bertz CT molecular complexity index is 907. The van der Waals surface area contributed by atoms with E-state index in [9.17, 15) is 4.79 Å². The van der Waals surface area contributed by atoms with Crippen molar-refractivity contribution in [3.63, 3.8) is 0 Å². The van der Waals surface area contributed by atoms with E-state index in [1.54, 1.807) is 24.5 Å². The highest BCUT2D eigenvalue weighted by molar-refractivity contribution is 7.25. The standard InChI is InChI=1S/C15H14N4OS/c1-3-5-8-19-9-18-12-11-10(16-4-2)6-7-17-14(11)21-13(12)15(19)20/h3,5-9H,1,4H2,2H3,(H,16,17)/b8-5+. The summed E-state index contributed by atoms with van der Waals surface area (Å²) in [7, 11) is 0. The number of nitrogens with zero attached hydrogens (tertiary/aromatic N) is 3. The Morgan fingerprint density at radius 1 is 1.48 bits per heavy atom. The molecule has 0 aliphatic carbocycles. The maximum absolute atomic E-state index is 12.5. The molecule has 0 aliphatic rings. The zero-order valence-corrected chi connectivity index (χ0v) is 12.4. The average Bonchev–Trinajstić information content (AvgIpc) is 2.87. The number of rotatable bonds is 4. The van der Waals surface area contributed by atoms with Crippen molar-refractivity contribution in [1.82, 2.24) is 14.5 Å². The minimum absolute atomic E-state index is 0.0939. The van der Waals surface area contributed by atoms with Crippen molar-refractivity contribution in [2.75, 3.05) is 11.9 Å². The predicted molar refractivity (Wildman–Crippen MR) is 88.9 cm³/mol. The number of aromatic nitrogens is 3. The van der Waals surface area contributed by atoms with Crippen molar-refractivity contribution in [3.8, 4) is 0 Å². The number of hydrogen-bond donors (Lipinski definition) is 1. The topological polar surface area (TPSA) is 59.8 Å². The van der Waals surface area contributed by atoms with Crippen LogP contribution in [0.25, 0.3) is 26.6 Å². The van der Waals surface area contributed by atoms with E-state index in [0.29, 0.717) is 10.2 Å². The van der Waals surface area contributed by atoms with Crippen LogP contribution in [0.1, 0.15) is 6.92 Å². The summed E-state index contributed by atoms with van der Waals surface area (Å²) in [5.41, 5.74) is 1.57. The summed E-state index contributed by atoms with van der Waals surface area (Å²) in [5, 5.41) is 4.20. The highest BCUT2D eigenvalue weighted by Gasteiger charge is 2.14. The van der Waals surface area contributed by atoms with Crippen LogP contribution in [0.3, 0.4) is 0 Å². The van der Waals surface area contributed by atoms with Crippen LogP contribution in [0.5, 0.6) is 0 Å². The fourth-order valence-corrected chi connectivity index (χ4v) is 3.22. The first kappa shape index (κ1) is 13.5. The van der Waals surface area contributed by atoms with Crippen molar-refractivity contribution in [2.24, 2.45) is 0 Å². The molecule has 0 fully saturated rings. The Labute approximate surface area is 125 Å². The summed E-state index contributed by atoms with van der Waals surface area (Å²) >= 11 is 1.37. The summed E-state index contributed by atoms with van der Waals surface area (Å²) in [5.74, 6) is 0. The van der Waals surface area contributed by atoms with Gasteiger partial charge in [-0.05, 0) is 19.1 Å². The zero-order valence-electron chi connectivity index (χ0n) is 11.5. The van der Waals surface area contributed by atoms with Crippen LogP contribution < -0.4 is 10.9 Å². The van der Waals surface area contributed by atoms with Crippen molar-refractivity contribution < 1.29 is 0 Å². The molecule has 0 radical (unpaired) electrons. The van der Waals surface area contributed by atoms with E-state index in [2.05, 4.69) is 21.9 Å². The molecule has 3 aromatic heterocycles. The van der Waals surface area contributed by atoms with Crippen LogP contribution in [-0.4, -0.2) is 21.1 Å². The van der Waals surface area contributed by atoms with Gasteiger partial charge in [0.25, 0.3) is 5.56 Å². The number of nitrogens with one attached hydrogen (secondary N) is 1. The van der Waals surface area contributed by atoms with Crippen molar-refractivity contribution in [1.29, 1.82) is 0 Å². The highest BCUT2D eigenvalue weighted by atomic mass is 32.1. The normalized spacial score (nSPS) is 11.5. The summed E-state index contributed by atoms with van der Waals surface area (Å²) in [6.45, 7) is 6.43. The number of pyridine rings is 1. The van der Waals surface area contributed by atoms with Crippen LogP contribution in [0, 0.1) is 0 Å². The Balaban J connectivity index is 2.34. The number of fused-ring (bicyclic) bond motifs is 3. The van der Waals surface area contributed by atoms with Crippen LogP contribution in [0.15, 0.2) is 42.1 Å². The van der Waals surface area contributed by atoms with Gasteiger partial charge >= 0.3 is 0 Å². The lowest BCUT2D eigenvalue weighted by atomic mass is 10.2. The Morgan fingerprint density at radius 2 is 2.33 bits per heavy atom. The molecule has 0 bridgehead atoms. The third-order valence-electron chi connectivity index (χ3n) is 3.06. The lowest BCUT2D eigenvalue weighted by Gasteiger charge is -2.04. The van der Waals surface area contributed by atoms with E-state index in [1.165, 1.54) is 22.2 Å². The van der Waals surface area contributed by atoms with Crippen molar-refractivity contribution in [3.05, 3.63) is 47.7 Å². The lowest BCUT2D eigenvalue weighted by molar-refractivity contribution is 1.03. The van der Waals surface area contributed by atoms with E-state index in [4.69, 9.17) is 0 Å². The maximum atomic E-state index is 12.5. The third-order valence-corrected chi connectivity index (χ3v) is 4.13. The van der Waals surface area contributed by atoms with Gasteiger partial charge in [-0.3, -0.25) is 9.36 Å². The Hall–Kier alpha value is -2.47. The second-order valence-electron chi connectivity index (χ2n) is 4.38. The van der Waals surface area contributed by atoms with Gasteiger partial charge in [-0.15, -0.1) is 11.3 Å². The van der Waals surface area contributed by atoms with E-state index >= 15 is 0 Å². The third kappa shape index (κ3) is 2.23. The molecule has 3 aromatic rings. The highest BCUT2D eigenvalue weighted by Crippen LogP contribution is 2.33. The quantitative estimate of drug-likeness (QED) is 0.752. The molecule has 3 rings (SSSR count). The first-order valence-corrected chi connectivity index (χ1v) is 7.39.